The number of aromatic nitrogens is 3. The molecule has 2 heterocycles. The Kier molecular flexibility index (Phi) is 4.79. The lowest BCUT2D eigenvalue weighted by Gasteiger charge is -2.28. The highest BCUT2D eigenvalue weighted by Crippen LogP contribution is 2.28. The predicted octanol–water partition coefficient (Wildman–Crippen LogP) is 2.48. The summed E-state index contributed by atoms with van der Waals surface area (Å²) in [4.78, 5) is 17.2. The molecule has 0 atom stereocenters. The molecule has 0 radical (unpaired) electrons. The second-order valence-electron chi connectivity index (χ2n) is 7.47. The number of hydrogen-bond acceptors (Lipinski definition) is 3. The monoisotopic (exact) mass is 403 g/mol. The summed E-state index contributed by atoms with van der Waals surface area (Å²) in [6, 6.07) is 17.8. The lowest BCUT2D eigenvalue weighted by Crippen LogP contribution is -2.45. The Bertz CT molecular complexity index is 1290. The van der Waals surface area contributed by atoms with E-state index in [1.807, 2.05) is 27.8 Å². The Morgan fingerprint density at radius 1 is 1.00 bits per heavy atom. The topological polar surface area (TPSA) is 47.8 Å². The normalized spacial score (nSPS) is 11.7. The van der Waals surface area contributed by atoms with Crippen LogP contribution in [0.5, 0.6) is 0 Å². The fourth-order valence-corrected chi connectivity index (χ4v) is 3.57. The smallest absolute Gasteiger partial charge is 0.267 e. The van der Waals surface area contributed by atoms with Gasteiger partial charge in [0.05, 0.1) is 10.9 Å². The SMILES string of the molecule is BC(B)(c1ccc(Cl)cc1)n1nc(-c2ccc(C)nc2F)c2ccccc2c1=O. The van der Waals surface area contributed by atoms with Crippen LogP contribution in [0.3, 0.4) is 0 Å². The number of fused-ring (bicyclic) bond motifs is 1. The first kappa shape index (κ1) is 19.4. The number of pyridine rings is 1. The largest absolute Gasteiger partial charge is 0.274 e. The van der Waals surface area contributed by atoms with Gasteiger partial charge in [-0.1, -0.05) is 41.9 Å². The molecular formula is C21H17B2ClFN3O. The van der Waals surface area contributed by atoms with Gasteiger partial charge in [0, 0.05) is 21.4 Å². The van der Waals surface area contributed by atoms with E-state index < -0.39 is 11.3 Å². The van der Waals surface area contributed by atoms with Gasteiger partial charge in [0.25, 0.3) is 5.56 Å². The van der Waals surface area contributed by atoms with Crippen LogP contribution in [0.25, 0.3) is 22.0 Å². The van der Waals surface area contributed by atoms with E-state index in [2.05, 4.69) is 10.1 Å². The van der Waals surface area contributed by atoms with Gasteiger partial charge < -0.3 is 0 Å². The molecule has 4 nitrogen and oxygen atoms in total. The maximum atomic E-state index is 14.7. The van der Waals surface area contributed by atoms with Gasteiger partial charge in [-0.25, -0.2) is 9.67 Å². The number of hydrogen-bond donors (Lipinski definition) is 0. The summed E-state index contributed by atoms with van der Waals surface area (Å²) >= 11 is 6.02. The molecule has 0 saturated heterocycles. The van der Waals surface area contributed by atoms with E-state index in [4.69, 9.17) is 11.6 Å². The van der Waals surface area contributed by atoms with Crippen molar-refractivity contribution in [3.05, 3.63) is 93.2 Å². The van der Waals surface area contributed by atoms with Crippen molar-refractivity contribution in [3.63, 3.8) is 0 Å². The lowest BCUT2D eigenvalue weighted by molar-refractivity contribution is 0.565. The molecule has 0 amide bonds. The van der Waals surface area contributed by atoms with Crippen molar-refractivity contribution in [1.29, 1.82) is 0 Å². The number of benzene rings is 2. The van der Waals surface area contributed by atoms with Crippen molar-refractivity contribution < 1.29 is 4.39 Å². The average Bonchev–Trinajstić information content (AvgIpc) is 2.69. The zero-order chi connectivity index (χ0) is 20.8. The zero-order valence-corrected chi connectivity index (χ0v) is 17.0. The van der Waals surface area contributed by atoms with Gasteiger partial charge in [-0.3, -0.25) is 4.79 Å². The van der Waals surface area contributed by atoms with Crippen LogP contribution in [-0.4, -0.2) is 30.5 Å². The highest BCUT2D eigenvalue weighted by atomic mass is 35.5. The molecule has 8 heteroatoms. The van der Waals surface area contributed by atoms with Crippen LogP contribution in [0.15, 0.2) is 65.5 Å². The van der Waals surface area contributed by atoms with E-state index in [-0.39, 0.29) is 11.1 Å². The van der Waals surface area contributed by atoms with Gasteiger partial charge in [0.1, 0.15) is 21.4 Å². The van der Waals surface area contributed by atoms with Crippen molar-refractivity contribution in [2.24, 2.45) is 0 Å². The molecule has 0 N–H and O–H groups in total. The van der Waals surface area contributed by atoms with Crippen LogP contribution in [0.2, 0.25) is 5.02 Å². The predicted molar refractivity (Wildman–Crippen MR) is 120 cm³/mol. The number of halogens is 2. The van der Waals surface area contributed by atoms with Crippen LogP contribution < -0.4 is 5.56 Å². The summed E-state index contributed by atoms with van der Waals surface area (Å²) in [6.07, 6.45) is 0. The fraction of sp³-hybridized carbons (Fsp3) is 0.0952. The molecule has 2 aromatic carbocycles. The Morgan fingerprint density at radius 2 is 1.66 bits per heavy atom. The van der Waals surface area contributed by atoms with Crippen molar-refractivity contribution in [1.82, 2.24) is 14.8 Å². The molecule has 0 aliphatic rings. The third-order valence-electron chi connectivity index (χ3n) is 5.13. The van der Waals surface area contributed by atoms with E-state index in [0.717, 1.165) is 5.56 Å². The first-order valence-electron chi connectivity index (χ1n) is 9.21. The first-order valence-corrected chi connectivity index (χ1v) is 9.59. The van der Waals surface area contributed by atoms with Crippen LogP contribution in [0.1, 0.15) is 11.3 Å². The molecule has 4 aromatic rings. The van der Waals surface area contributed by atoms with Gasteiger partial charge in [-0.15, -0.1) is 0 Å². The summed E-state index contributed by atoms with van der Waals surface area (Å²) in [5.41, 5.74) is 1.83. The van der Waals surface area contributed by atoms with Crippen LogP contribution >= 0.6 is 11.6 Å². The van der Waals surface area contributed by atoms with E-state index in [1.54, 1.807) is 55.5 Å². The second kappa shape index (κ2) is 7.16. The van der Waals surface area contributed by atoms with Gasteiger partial charge in [0.2, 0.25) is 5.95 Å². The molecule has 0 spiro atoms. The number of rotatable bonds is 3. The van der Waals surface area contributed by atoms with E-state index >= 15 is 0 Å². The number of nitrogens with zero attached hydrogens (tertiary/aromatic N) is 3. The highest BCUT2D eigenvalue weighted by molar-refractivity contribution is 6.40. The van der Waals surface area contributed by atoms with E-state index in [0.29, 0.717) is 27.2 Å². The van der Waals surface area contributed by atoms with Gasteiger partial charge in [0.15, 0.2) is 0 Å². The molecule has 0 bridgehead atoms. The van der Waals surface area contributed by atoms with Crippen LogP contribution in [0.4, 0.5) is 4.39 Å². The van der Waals surface area contributed by atoms with Crippen LogP contribution in [0, 0.1) is 12.9 Å². The minimum absolute atomic E-state index is 0.246. The van der Waals surface area contributed by atoms with Gasteiger partial charge >= 0.3 is 0 Å². The molecule has 142 valence electrons. The molecule has 0 aliphatic carbocycles. The summed E-state index contributed by atoms with van der Waals surface area (Å²) in [6.45, 7) is 1.73. The molecular weight excluding hydrogens is 386 g/mol. The van der Waals surface area contributed by atoms with E-state index in [1.165, 1.54) is 4.68 Å². The summed E-state index contributed by atoms with van der Waals surface area (Å²) in [7, 11) is 3.79. The Morgan fingerprint density at radius 3 is 2.31 bits per heavy atom. The lowest BCUT2D eigenvalue weighted by atomic mass is 9.58. The molecule has 4 rings (SSSR count). The Labute approximate surface area is 174 Å². The van der Waals surface area contributed by atoms with Crippen molar-refractivity contribution in [3.8, 4) is 11.3 Å². The van der Waals surface area contributed by atoms with Crippen molar-refractivity contribution >= 4 is 38.1 Å². The standard InChI is InChI=1S/C21H17B2ClFN3O/c1-12-6-11-17(19(25)26-12)18-15-4-2-3-5-16(15)20(29)28(27-18)21(22,23)13-7-9-14(24)10-8-13/h2-11H,22-23H2,1H3. The molecule has 0 unspecified atom stereocenters. The molecule has 2 aromatic heterocycles. The highest BCUT2D eigenvalue weighted by Gasteiger charge is 2.28. The minimum atomic E-state index is -0.783. The summed E-state index contributed by atoms with van der Waals surface area (Å²) in [5, 5.41) is 5.51. The Balaban J connectivity index is 2.05. The maximum absolute atomic E-state index is 14.7. The fourth-order valence-electron chi connectivity index (χ4n) is 3.45. The zero-order valence-electron chi connectivity index (χ0n) is 16.3. The number of aryl methyl sites for hydroxylation is 1. The van der Waals surface area contributed by atoms with E-state index in [9.17, 15) is 9.18 Å². The second-order valence-corrected chi connectivity index (χ2v) is 7.90. The van der Waals surface area contributed by atoms with Crippen molar-refractivity contribution in [2.75, 3.05) is 0 Å². The van der Waals surface area contributed by atoms with Crippen molar-refractivity contribution in [2.45, 2.75) is 12.3 Å². The average molecular weight is 403 g/mol. The van der Waals surface area contributed by atoms with Crippen LogP contribution in [-0.2, 0) is 5.34 Å². The third-order valence-corrected chi connectivity index (χ3v) is 5.38. The van der Waals surface area contributed by atoms with Gasteiger partial charge in [-0.2, -0.15) is 9.49 Å². The molecule has 29 heavy (non-hydrogen) atoms. The molecule has 0 aliphatic heterocycles. The van der Waals surface area contributed by atoms with Gasteiger partial charge in [-0.05, 0) is 42.8 Å². The molecule has 0 saturated carbocycles. The quantitative estimate of drug-likeness (QED) is 0.390. The molecule has 0 fully saturated rings. The Hall–Kier alpha value is -2.92. The summed E-state index contributed by atoms with van der Waals surface area (Å²) < 4.78 is 16.1. The minimum Gasteiger partial charge on any atom is -0.267 e. The maximum Gasteiger partial charge on any atom is 0.274 e. The third kappa shape index (κ3) is 3.36. The summed E-state index contributed by atoms with van der Waals surface area (Å²) in [5.74, 6) is -0.614. The first-order chi connectivity index (χ1) is 13.8.